The van der Waals surface area contributed by atoms with Gasteiger partial charge in [-0.3, -0.25) is 9.59 Å². The van der Waals surface area contributed by atoms with E-state index in [1.54, 1.807) is 18.2 Å². The molecule has 2 heterocycles. The first-order valence-corrected chi connectivity index (χ1v) is 5.62. The molecule has 6 nitrogen and oxygen atoms in total. The molecule has 1 aromatic carbocycles. The largest absolute Gasteiger partial charge is 0.454 e. The minimum Gasteiger partial charge on any atom is -0.454 e. The Balaban J connectivity index is 1.84. The van der Waals surface area contributed by atoms with Gasteiger partial charge in [0.1, 0.15) is 5.56 Å². The average molecular weight is 258 g/mol. The summed E-state index contributed by atoms with van der Waals surface area (Å²) in [7, 11) is 0. The fourth-order valence-corrected chi connectivity index (χ4v) is 1.77. The van der Waals surface area contributed by atoms with Crippen LogP contribution in [0.2, 0.25) is 0 Å². The fraction of sp³-hybridized carbons (Fsp3) is 0.0769. The zero-order chi connectivity index (χ0) is 13.2. The van der Waals surface area contributed by atoms with Crippen LogP contribution in [-0.2, 0) is 0 Å². The molecular weight excluding hydrogens is 248 g/mol. The molecule has 6 heteroatoms. The Labute approximate surface area is 108 Å². The highest BCUT2D eigenvalue weighted by molar-refractivity contribution is 6.04. The van der Waals surface area contributed by atoms with Crippen LogP contribution in [0.4, 0.5) is 5.69 Å². The lowest BCUT2D eigenvalue weighted by Gasteiger charge is -2.05. The van der Waals surface area contributed by atoms with Gasteiger partial charge in [0.15, 0.2) is 16.9 Å². The fourth-order valence-electron chi connectivity index (χ4n) is 1.77. The van der Waals surface area contributed by atoms with E-state index in [1.165, 1.54) is 18.5 Å². The van der Waals surface area contributed by atoms with E-state index in [1.807, 2.05) is 0 Å². The lowest BCUT2D eigenvalue weighted by Crippen LogP contribution is -2.20. The molecule has 0 atom stereocenters. The first-order valence-electron chi connectivity index (χ1n) is 5.62. The predicted molar refractivity (Wildman–Crippen MR) is 67.6 cm³/mol. The Kier molecular flexibility index (Phi) is 2.68. The molecule has 0 saturated carbocycles. The molecule has 0 aliphatic carbocycles. The number of ether oxygens (including phenoxy) is 2. The van der Waals surface area contributed by atoms with Gasteiger partial charge in [0.05, 0.1) is 0 Å². The number of benzene rings is 1. The number of carbonyl (C=O) groups is 1. The van der Waals surface area contributed by atoms with Gasteiger partial charge in [-0.05, 0) is 12.1 Å². The number of hydrogen-bond acceptors (Lipinski definition) is 4. The molecule has 3 rings (SSSR count). The maximum atomic E-state index is 11.9. The highest BCUT2D eigenvalue weighted by Crippen LogP contribution is 2.34. The molecule has 19 heavy (non-hydrogen) atoms. The summed E-state index contributed by atoms with van der Waals surface area (Å²) < 4.78 is 10.4. The molecule has 2 N–H and O–H groups in total. The summed E-state index contributed by atoms with van der Waals surface area (Å²) in [6, 6.07) is 6.33. The van der Waals surface area contributed by atoms with E-state index in [2.05, 4.69) is 10.3 Å². The van der Waals surface area contributed by atoms with Crippen LogP contribution in [0.5, 0.6) is 11.5 Å². The van der Waals surface area contributed by atoms with Gasteiger partial charge in [-0.2, -0.15) is 0 Å². The van der Waals surface area contributed by atoms with Gasteiger partial charge >= 0.3 is 0 Å². The monoisotopic (exact) mass is 258 g/mol. The minimum atomic E-state index is -0.472. The number of hydrogen-bond donors (Lipinski definition) is 2. The minimum absolute atomic E-state index is 0.0557. The van der Waals surface area contributed by atoms with Crippen LogP contribution in [0.25, 0.3) is 0 Å². The van der Waals surface area contributed by atoms with Crippen LogP contribution < -0.4 is 20.2 Å². The highest BCUT2D eigenvalue weighted by Gasteiger charge is 2.15. The number of anilines is 1. The summed E-state index contributed by atoms with van der Waals surface area (Å²) in [5.41, 5.74) is 0.259. The lowest BCUT2D eigenvalue weighted by molar-refractivity contribution is 0.102. The number of pyridine rings is 1. The number of nitrogens with one attached hydrogen (secondary N) is 2. The van der Waals surface area contributed by atoms with Gasteiger partial charge in [0.2, 0.25) is 6.79 Å². The summed E-state index contributed by atoms with van der Waals surface area (Å²) >= 11 is 0. The molecule has 1 aliphatic rings. The van der Waals surface area contributed by atoms with Crippen molar-refractivity contribution in [3.8, 4) is 11.5 Å². The van der Waals surface area contributed by atoms with Crippen LogP contribution in [-0.4, -0.2) is 17.7 Å². The van der Waals surface area contributed by atoms with Crippen molar-refractivity contribution in [1.82, 2.24) is 4.98 Å². The first kappa shape index (κ1) is 11.3. The maximum Gasteiger partial charge on any atom is 0.261 e. The van der Waals surface area contributed by atoms with Gasteiger partial charge in [0.25, 0.3) is 5.91 Å². The second kappa shape index (κ2) is 4.49. The normalized spacial score (nSPS) is 12.2. The SMILES string of the molecule is O=C(Nc1ccc2c(c1)OCO2)c1c[nH]ccc1=O. The van der Waals surface area contributed by atoms with Crippen molar-refractivity contribution in [1.29, 1.82) is 0 Å². The van der Waals surface area contributed by atoms with Crippen molar-refractivity contribution in [2.24, 2.45) is 0 Å². The van der Waals surface area contributed by atoms with Crippen LogP contribution in [0.3, 0.4) is 0 Å². The molecule has 0 fully saturated rings. The van der Waals surface area contributed by atoms with Gasteiger partial charge in [-0.25, -0.2) is 0 Å². The molecular formula is C13H10N2O4. The lowest BCUT2D eigenvalue weighted by atomic mass is 10.2. The molecule has 0 unspecified atom stereocenters. The zero-order valence-electron chi connectivity index (χ0n) is 9.80. The third-order valence-electron chi connectivity index (χ3n) is 2.70. The van der Waals surface area contributed by atoms with E-state index in [-0.39, 0.29) is 17.8 Å². The van der Waals surface area contributed by atoms with Gasteiger partial charge in [-0.15, -0.1) is 0 Å². The van der Waals surface area contributed by atoms with Gasteiger partial charge in [0, 0.05) is 30.2 Å². The quantitative estimate of drug-likeness (QED) is 0.852. The highest BCUT2D eigenvalue weighted by atomic mass is 16.7. The van der Waals surface area contributed by atoms with Gasteiger partial charge in [-0.1, -0.05) is 0 Å². The summed E-state index contributed by atoms with van der Waals surface area (Å²) in [6.07, 6.45) is 2.84. The summed E-state index contributed by atoms with van der Waals surface area (Å²) in [4.78, 5) is 26.1. The van der Waals surface area contributed by atoms with Crippen molar-refractivity contribution >= 4 is 11.6 Å². The van der Waals surface area contributed by atoms with E-state index < -0.39 is 5.91 Å². The number of H-pyrrole nitrogens is 1. The Morgan fingerprint density at radius 1 is 1.21 bits per heavy atom. The summed E-state index contributed by atoms with van der Waals surface area (Å²) in [5, 5.41) is 2.63. The van der Waals surface area contributed by atoms with Crippen molar-refractivity contribution < 1.29 is 14.3 Å². The molecule has 0 saturated heterocycles. The topological polar surface area (TPSA) is 80.4 Å². The number of aromatic amines is 1. The molecule has 0 bridgehead atoms. The number of carbonyl (C=O) groups excluding carboxylic acids is 1. The second-order valence-electron chi connectivity index (χ2n) is 3.94. The van der Waals surface area contributed by atoms with Crippen molar-refractivity contribution in [3.05, 3.63) is 52.4 Å². The first-order chi connectivity index (χ1) is 9.24. The van der Waals surface area contributed by atoms with Crippen LogP contribution in [0.15, 0.2) is 41.5 Å². The average Bonchev–Trinajstić information content (AvgIpc) is 2.86. The van der Waals surface area contributed by atoms with Crippen molar-refractivity contribution in [2.75, 3.05) is 12.1 Å². The number of fused-ring (bicyclic) bond motifs is 1. The molecule has 2 aromatic rings. The summed E-state index contributed by atoms with van der Waals surface area (Å²) in [5.74, 6) is 0.732. The molecule has 1 aromatic heterocycles. The van der Waals surface area contributed by atoms with E-state index in [0.29, 0.717) is 17.2 Å². The van der Waals surface area contributed by atoms with Crippen molar-refractivity contribution in [2.45, 2.75) is 0 Å². The molecule has 1 amide bonds. The Bertz CT molecular complexity index is 693. The van der Waals surface area contributed by atoms with Crippen molar-refractivity contribution in [3.63, 3.8) is 0 Å². The standard InChI is InChI=1S/C13H10N2O4/c16-10-3-4-14-6-9(10)13(17)15-8-1-2-11-12(5-8)19-7-18-11/h1-6H,7H2,(H,14,16)(H,15,17). The number of aromatic nitrogens is 1. The van der Waals surface area contributed by atoms with E-state index >= 15 is 0 Å². The maximum absolute atomic E-state index is 11.9. The zero-order valence-corrected chi connectivity index (χ0v) is 9.80. The molecule has 0 radical (unpaired) electrons. The number of rotatable bonds is 2. The molecule has 1 aliphatic heterocycles. The number of amides is 1. The molecule has 96 valence electrons. The van der Waals surface area contributed by atoms with E-state index in [9.17, 15) is 9.59 Å². The Morgan fingerprint density at radius 2 is 2.05 bits per heavy atom. The Morgan fingerprint density at radius 3 is 2.89 bits per heavy atom. The Hall–Kier alpha value is -2.76. The van der Waals surface area contributed by atoms with Crippen LogP contribution in [0, 0.1) is 0 Å². The van der Waals surface area contributed by atoms with E-state index in [0.717, 1.165) is 0 Å². The second-order valence-corrected chi connectivity index (χ2v) is 3.94. The van der Waals surface area contributed by atoms with Crippen LogP contribution >= 0.6 is 0 Å². The van der Waals surface area contributed by atoms with Crippen LogP contribution in [0.1, 0.15) is 10.4 Å². The molecule has 0 spiro atoms. The van der Waals surface area contributed by atoms with Gasteiger partial charge < -0.3 is 19.8 Å². The third kappa shape index (κ3) is 2.15. The predicted octanol–water partition coefficient (Wildman–Crippen LogP) is 1.36. The smallest absolute Gasteiger partial charge is 0.261 e. The third-order valence-corrected chi connectivity index (χ3v) is 2.70. The summed E-state index contributed by atoms with van der Waals surface area (Å²) in [6.45, 7) is 0.172. The van der Waals surface area contributed by atoms with E-state index in [4.69, 9.17) is 9.47 Å².